The quantitative estimate of drug-likeness (QED) is 0.203. The maximum atomic E-state index is 12.6. The van der Waals surface area contributed by atoms with Crippen molar-refractivity contribution in [2.75, 3.05) is 12.3 Å². The van der Waals surface area contributed by atoms with Gasteiger partial charge in [-0.2, -0.15) is 5.10 Å². The predicted octanol–water partition coefficient (Wildman–Crippen LogP) is 4.80. The minimum Gasteiger partial charge on any atom is -0.382 e. The third-order valence-electron chi connectivity index (χ3n) is 7.67. The normalized spacial score (nSPS) is 23.5. The van der Waals surface area contributed by atoms with Gasteiger partial charge in [-0.25, -0.2) is 9.50 Å². The van der Waals surface area contributed by atoms with Gasteiger partial charge in [-0.3, -0.25) is 0 Å². The Balaban J connectivity index is 1.40. The average Bonchev–Trinajstić information content (AvgIpc) is 3.59. The Morgan fingerprint density at radius 2 is 1.37 bits per heavy atom. The van der Waals surface area contributed by atoms with Gasteiger partial charge in [0.15, 0.2) is 5.82 Å². The fourth-order valence-electron chi connectivity index (χ4n) is 5.47. The summed E-state index contributed by atoms with van der Waals surface area (Å²) in [7, 11) is 0. The maximum Gasteiger partial charge on any atom is 0.240 e. The first-order valence-electron chi connectivity index (χ1n) is 14.1. The number of aliphatic hydroxyl groups is 1. The van der Waals surface area contributed by atoms with E-state index in [1.54, 1.807) is 18.2 Å². The van der Waals surface area contributed by atoms with Gasteiger partial charge in [0.2, 0.25) is 5.79 Å². The van der Waals surface area contributed by atoms with E-state index in [1.165, 1.54) is 10.8 Å². The van der Waals surface area contributed by atoms with Crippen molar-refractivity contribution in [3.63, 3.8) is 0 Å². The summed E-state index contributed by atoms with van der Waals surface area (Å²) in [6, 6.07) is 32.8. The van der Waals surface area contributed by atoms with E-state index in [4.69, 9.17) is 24.7 Å². The second-order valence-corrected chi connectivity index (χ2v) is 10.5. The molecule has 0 spiro atoms. The molecule has 43 heavy (non-hydrogen) atoms. The molecule has 1 fully saturated rings. The Morgan fingerprint density at radius 1 is 0.814 bits per heavy atom. The molecule has 0 aliphatic carbocycles. The van der Waals surface area contributed by atoms with Crippen LogP contribution in [-0.2, 0) is 44.6 Å². The molecule has 0 radical (unpaired) electrons. The zero-order valence-electron chi connectivity index (χ0n) is 23.7. The molecule has 9 nitrogen and oxygen atoms in total. The van der Waals surface area contributed by atoms with Gasteiger partial charge >= 0.3 is 0 Å². The zero-order chi connectivity index (χ0) is 29.7. The van der Waals surface area contributed by atoms with Crippen molar-refractivity contribution < 1.29 is 24.1 Å². The van der Waals surface area contributed by atoms with Crippen molar-refractivity contribution >= 4 is 11.3 Å². The number of nitrogen functional groups attached to an aromatic ring is 1. The molecule has 0 saturated carbocycles. The van der Waals surface area contributed by atoms with E-state index >= 15 is 0 Å². The highest BCUT2D eigenvalue weighted by Crippen LogP contribution is 2.48. The molecule has 5 aromatic rings. The molecule has 4 atom stereocenters. The average molecular weight is 579 g/mol. The number of hydrogen-bond acceptors (Lipinski definition) is 8. The highest BCUT2D eigenvalue weighted by molar-refractivity contribution is 5.65. The molecule has 1 aliphatic rings. The van der Waals surface area contributed by atoms with Crippen molar-refractivity contribution in [2.45, 2.75) is 43.4 Å². The van der Waals surface area contributed by atoms with Crippen LogP contribution in [0, 0.1) is 0 Å². The summed E-state index contributed by atoms with van der Waals surface area (Å²) < 4.78 is 27.5. The Hall–Kier alpha value is -4.38. The van der Waals surface area contributed by atoms with Gasteiger partial charge in [-0.1, -0.05) is 97.1 Å². The topological polar surface area (TPSA) is 113 Å². The molecule has 6 rings (SSSR count). The number of nitrogens with two attached hydrogens (primary N) is 1. The molecule has 1 aliphatic heterocycles. The number of ether oxygens (including phenoxy) is 4. The fourth-order valence-corrected chi connectivity index (χ4v) is 5.47. The standard InChI is InChI=1S/C34H34N4O5/c1-2-33(23-40-20-25-12-6-3-7-13-25)30(41-21-26-14-8-4-9-15-26)31(42-22-27-16-10-5-11-17-27)34(39,43-33)29-19-18-28-32(35)36-24-37-38(28)29/h2-19,24,30-31,39H,1,20-23H2,(H2,35,36,37)/t30-,31+,33+,34-/m0/s1. The van der Waals surface area contributed by atoms with Crippen LogP contribution in [0.5, 0.6) is 0 Å². The number of aromatic nitrogens is 3. The van der Waals surface area contributed by atoms with Crippen LogP contribution in [0.25, 0.3) is 5.52 Å². The summed E-state index contributed by atoms with van der Waals surface area (Å²) in [4.78, 5) is 4.09. The largest absolute Gasteiger partial charge is 0.382 e. The zero-order valence-corrected chi connectivity index (χ0v) is 23.7. The van der Waals surface area contributed by atoms with Crippen LogP contribution in [-0.4, -0.2) is 44.1 Å². The second-order valence-electron chi connectivity index (χ2n) is 10.5. The number of anilines is 1. The molecule has 3 N–H and O–H groups in total. The van der Waals surface area contributed by atoms with Crippen LogP contribution >= 0.6 is 0 Å². The van der Waals surface area contributed by atoms with Crippen LogP contribution in [0.3, 0.4) is 0 Å². The number of hydrogen-bond donors (Lipinski definition) is 2. The minimum atomic E-state index is -2.03. The van der Waals surface area contributed by atoms with Gasteiger partial charge in [0.25, 0.3) is 0 Å². The van der Waals surface area contributed by atoms with Crippen LogP contribution < -0.4 is 5.73 Å². The van der Waals surface area contributed by atoms with Gasteiger partial charge in [-0.15, -0.1) is 6.58 Å². The summed E-state index contributed by atoms with van der Waals surface area (Å²) in [6.45, 7) is 4.93. The van der Waals surface area contributed by atoms with E-state index in [0.717, 1.165) is 16.7 Å². The lowest BCUT2D eigenvalue weighted by Gasteiger charge is -2.32. The second kappa shape index (κ2) is 12.5. The highest BCUT2D eigenvalue weighted by Gasteiger charge is 2.65. The monoisotopic (exact) mass is 578 g/mol. The van der Waals surface area contributed by atoms with Crippen molar-refractivity contribution in [2.24, 2.45) is 0 Å². The first kappa shape index (κ1) is 28.7. The van der Waals surface area contributed by atoms with E-state index in [0.29, 0.717) is 17.8 Å². The number of fused-ring (bicyclic) bond motifs is 1. The third-order valence-corrected chi connectivity index (χ3v) is 7.67. The van der Waals surface area contributed by atoms with Gasteiger partial charge in [0, 0.05) is 0 Å². The Bertz CT molecular complexity index is 1650. The SMILES string of the molecule is C=C[C@]1(COCc2ccccc2)O[C@@](O)(c2ccc3c(N)ncnn23)[C@H](OCc2ccccc2)[C@@H]1OCc1ccccc1. The van der Waals surface area contributed by atoms with Crippen LogP contribution in [0.4, 0.5) is 5.82 Å². The van der Waals surface area contributed by atoms with Crippen molar-refractivity contribution in [1.29, 1.82) is 0 Å². The Morgan fingerprint density at radius 3 is 1.95 bits per heavy atom. The summed E-state index contributed by atoms with van der Waals surface area (Å²) in [5.41, 5.74) is 8.55. The lowest BCUT2D eigenvalue weighted by atomic mass is 9.92. The van der Waals surface area contributed by atoms with E-state index in [1.807, 2.05) is 91.0 Å². The molecule has 0 unspecified atom stereocenters. The van der Waals surface area contributed by atoms with E-state index in [9.17, 15) is 5.11 Å². The van der Waals surface area contributed by atoms with E-state index < -0.39 is 23.6 Å². The lowest BCUT2D eigenvalue weighted by Crippen LogP contribution is -2.48. The van der Waals surface area contributed by atoms with Crippen molar-refractivity contribution in [1.82, 2.24) is 14.6 Å². The van der Waals surface area contributed by atoms with Gasteiger partial charge in [-0.05, 0) is 28.8 Å². The van der Waals surface area contributed by atoms with Crippen LogP contribution in [0.2, 0.25) is 0 Å². The summed E-state index contributed by atoms with van der Waals surface area (Å²) in [5.74, 6) is -1.77. The predicted molar refractivity (Wildman–Crippen MR) is 161 cm³/mol. The van der Waals surface area contributed by atoms with Crippen LogP contribution in [0.1, 0.15) is 22.4 Å². The Kier molecular flexibility index (Phi) is 8.33. The van der Waals surface area contributed by atoms with Gasteiger partial charge in [0.05, 0.1) is 26.4 Å². The number of rotatable bonds is 12. The third kappa shape index (κ3) is 5.81. The molecule has 3 aromatic carbocycles. The summed E-state index contributed by atoms with van der Waals surface area (Å²) in [6.07, 6.45) is 1.10. The molecular formula is C34H34N4O5. The molecule has 9 heteroatoms. The number of nitrogens with zero attached hydrogens (tertiary/aromatic N) is 3. The first-order valence-corrected chi connectivity index (χ1v) is 14.1. The lowest BCUT2D eigenvalue weighted by molar-refractivity contribution is -0.267. The Labute approximate surface area is 250 Å². The molecule has 1 saturated heterocycles. The molecular weight excluding hydrogens is 544 g/mol. The molecule has 3 heterocycles. The first-order chi connectivity index (χ1) is 21.0. The van der Waals surface area contributed by atoms with Crippen molar-refractivity contribution in [3.8, 4) is 0 Å². The summed E-state index contributed by atoms with van der Waals surface area (Å²) >= 11 is 0. The molecule has 220 valence electrons. The number of benzene rings is 3. The van der Waals surface area contributed by atoms with Gasteiger partial charge in [0.1, 0.15) is 35.3 Å². The van der Waals surface area contributed by atoms with Gasteiger partial charge < -0.3 is 29.8 Å². The van der Waals surface area contributed by atoms with Crippen molar-refractivity contribution in [3.05, 3.63) is 144 Å². The maximum absolute atomic E-state index is 12.6. The summed E-state index contributed by atoms with van der Waals surface area (Å²) in [5, 5.41) is 16.9. The van der Waals surface area contributed by atoms with E-state index in [2.05, 4.69) is 16.7 Å². The fraction of sp³-hybridized carbons (Fsp3) is 0.235. The highest BCUT2D eigenvalue weighted by atomic mass is 16.7. The molecule has 2 aromatic heterocycles. The molecule has 0 amide bonds. The minimum absolute atomic E-state index is 0.0405. The molecule has 0 bridgehead atoms. The smallest absolute Gasteiger partial charge is 0.240 e. The van der Waals surface area contributed by atoms with Crippen LogP contribution in [0.15, 0.2) is 122 Å². The van der Waals surface area contributed by atoms with E-state index in [-0.39, 0.29) is 25.6 Å².